The molecule has 2 rings (SSSR count). The maximum atomic E-state index is 11.9. The van der Waals surface area contributed by atoms with Crippen LogP contribution in [0.3, 0.4) is 0 Å². The molecule has 1 heterocycles. The highest BCUT2D eigenvalue weighted by Gasteiger charge is 2.29. The number of hydrogen-bond donors (Lipinski definition) is 1. The molecule has 0 aromatic rings. The minimum Gasteiger partial charge on any atom is -0.310 e. The van der Waals surface area contributed by atoms with Crippen LogP contribution in [0.2, 0.25) is 0 Å². The average molecular weight is 250 g/mol. The van der Waals surface area contributed by atoms with Gasteiger partial charge in [-0.1, -0.05) is 0 Å². The lowest BCUT2D eigenvalue weighted by atomic mass is 10.2. The molecule has 2 nitrogen and oxygen atoms in total. The molecule has 1 aliphatic heterocycles. The van der Waals surface area contributed by atoms with Crippen LogP contribution in [0.15, 0.2) is 0 Å². The fraction of sp³-hybridized carbons (Fsp3) is 1.00. The molecule has 17 heavy (non-hydrogen) atoms. The number of rotatable bonds is 6. The Morgan fingerprint density at radius 2 is 1.82 bits per heavy atom. The highest BCUT2D eigenvalue weighted by molar-refractivity contribution is 4.89. The minimum atomic E-state index is -3.99. The zero-order valence-electron chi connectivity index (χ0n) is 10.1. The summed E-state index contributed by atoms with van der Waals surface area (Å²) in [6.45, 7) is 2.87. The van der Waals surface area contributed by atoms with Crippen LogP contribution in [0.25, 0.3) is 0 Å². The van der Waals surface area contributed by atoms with Gasteiger partial charge in [0.1, 0.15) is 0 Å². The van der Waals surface area contributed by atoms with Gasteiger partial charge < -0.3 is 10.2 Å². The zero-order valence-corrected chi connectivity index (χ0v) is 10.1. The molecule has 2 aliphatic rings. The summed E-state index contributed by atoms with van der Waals surface area (Å²) >= 11 is 0. The molecule has 0 amide bonds. The van der Waals surface area contributed by atoms with Crippen LogP contribution < -0.4 is 5.32 Å². The molecule has 1 unspecified atom stereocenters. The summed E-state index contributed by atoms with van der Waals surface area (Å²) in [5.74, 6) is 0. The molecule has 1 atom stereocenters. The van der Waals surface area contributed by atoms with E-state index >= 15 is 0 Å². The number of nitrogens with zero attached hydrogens (tertiary/aromatic N) is 1. The number of unbranched alkanes of at least 4 members (excludes halogenated alkanes) is 1. The first-order valence-corrected chi connectivity index (χ1v) is 6.58. The van der Waals surface area contributed by atoms with Gasteiger partial charge in [-0.15, -0.1) is 0 Å². The first-order chi connectivity index (χ1) is 8.03. The van der Waals surface area contributed by atoms with Crippen molar-refractivity contribution in [3.63, 3.8) is 0 Å². The van der Waals surface area contributed by atoms with E-state index < -0.39 is 12.6 Å². The molecule has 0 aromatic carbocycles. The summed E-state index contributed by atoms with van der Waals surface area (Å²) in [6.07, 6.45) is 0.0436. The molecule has 5 heteroatoms. The number of likely N-dealkylation sites (tertiary alicyclic amines) is 1. The summed E-state index contributed by atoms with van der Waals surface area (Å²) in [7, 11) is 0. The molecule has 0 bridgehead atoms. The molecular formula is C12H21F3N2. The third-order valence-electron chi connectivity index (χ3n) is 3.51. The second-order valence-corrected chi connectivity index (χ2v) is 5.30. The lowest BCUT2D eigenvalue weighted by Crippen LogP contribution is -2.34. The van der Waals surface area contributed by atoms with Crippen molar-refractivity contribution in [3.8, 4) is 0 Å². The molecule has 0 aromatic heterocycles. The van der Waals surface area contributed by atoms with Crippen molar-refractivity contribution in [3.05, 3.63) is 0 Å². The molecule has 1 saturated heterocycles. The van der Waals surface area contributed by atoms with Crippen LogP contribution >= 0.6 is 0 Å². The van der Waals surface area contributed by atoms with E-state index in [0.29, 0.717) is 12.5 Å². The lowest BCUT2D eigenvalue weighted by Gasteiger charge is -2.16. The molecular weight excluding hydrogens is 229 g/mol. The summed E-state index contributed by atoms with van der Waals surface area (Å²) in [5.41, 5.74) is 0. The zero-order chi connectivity index (χ0) is 12.3. The van der Waals surface area contributed by atoms with Crippen molar-refractivity contribution in [1.29, 1.82) is 0 Å². The molecule has 0 spiro atoms. The Balaban J connectivity index is 1.52. The summed E-state index contributed by atoms with van der Waals surface area (Å²) in [4.78, 5) is 2.29. The van der Waals surface area contributed by atoms with Gasteiger partial charge in [0.15, 0.2) is 0 Å². The SMILES string of the molecule is FC(F)(F)CCCCN1CCC(NC2CC2)C1. The van der Waals surface area contributed by atoms with E-state index in [4.69, 9.17) is 0 Å². The van der Waals surface area contributed by atoms with Crippen molar-refractivity contribution in [1.82, 2.24) is 10.2 Å². The van der Waals surface area contributed by atoms with Gasteiger partial charge in [-0.2, -0.15) is 13.2 Å². The Bertz CT molecular complexity index is 238. The summed E-state index contributed by atoms with van der Waals surface area (Å²) in [5, 5.41) is 3.58. The van der Waals surface area contributed by atoms with Crippen molar-refractivity contribution in [2.24, 2.45) is 0 Å². The normalized spacial score (nSPS) is 26.6. The van der Waals surface area contributed by atoms with Crippen molar-refractivity contribution in [2.75, 3.05) is 19.6 Å². The van der Waals surface area contributed by atoms with Crippen LogP contribution in [-0.4, -0.2) is 42.8 Å². The predicted molar refractivity (Wildman–Crippen MR) is 60.9 cm³/mol. The van der Waals surface area contributed by atoms with Gasteiger partial charge in [0.2, 0.25) is 0 Å². The van der Waals surface area contributed by atoms with E-state index in [-0.39, 0.29) is 6.42 Å². The Kier molecular flexibility index (Phi) is 4.31. The largest absolute Gasteiger partial charge is 0.389 e. The Morgan fingerprint density at radius 1 is 1.06 bits per heavy atom. The van der Waals surface area contributed by atoms with E-state index in [0.717, 1.165) is 32.1 Å². The van der Waals surface area contributed by atoms with Gasteiger partial charge in [0, 0.05) is 25.0 Å². The van der Waals surface area contributed by atoms with E-state index in [9.17, 15) is 13.2 Å². The number of halogens is 3. The topological polar surface area (TPSA) is 15.3 Å². The molecule has 100 valence electrons. The molecule has 1 saturated carbocycles. The number of nitrogens with one attached hydrogen (secondary N) is 1. The number of hydrogen-bond acceptors (Lipinski definition) is 2. The van der Waals surface area contributed by atoms with E-state index in [1.807, 2.05) is 0 Å². The summed E-state index contributed by atoms with van der Waals surface area (Å²) in [6, 6.07) is 1.30. The Labute approximate surface area is 101 Å². The minimum absolute atomic E-state index is 0.265. The van der Waals surface area contributed by atoms with Crippen LogP contribution in [0.5, 0.6) is 0 Å². The third-order valence-corrected chi connectivity index (χ3v) is 3.51. The van der Waals surface area contributed by atoms with E-state index in [1.165, 1.54) is 12.8 Å². The van der Waals surface area contributed by atoms with Gasteiger partial charge in [-0.3, -0.25) is 0 Å². The maximum absolute atomic E-state index is 11.9. The van der Waals surface area contributed by atoms with Crippen LogP contribution in [0.4, 0.5) is 13.2 Å². The van der Waals surface area contributed by atoms with Crippen molar-refractivity contribution in [2.45, 2.75) is 56.8 Å². The smallest absolute Gasteiger partial charge is 0.310 e. The van der Waals surface area contributed by atoms with Crippen LogP contribution in [0, 0.1) is 0 Å². The highest BCUT2D eigenvalue weighted by atomic mass is 19.4. The van der Waals surface area contributed by atoms with Crippen molar-refractivity contribution >= 4 is 0 Å². The number of alkyl halides is 3. The van der Waals surface area contributed by atoms with Gasteiger partial charge in [-0.05, 0) is 45.2 Å². The standard InChI is InChI=1S/C12H21F3N2/c13-12(14,15)6-1-2-7-17-8-5-11(9-17)16-10-3-4-10/h10-11,16H,1-9H2. The fourth-order valence-corrected chi connectivity index (χ4v) is 2.42. The first kappa shape index (κ1) is 13.1. The highest BCUT2D eigenvalue weighted by Crippen LogP contribution is 2.24. The van der Waals surface area contributed by atoms with Crippen molar-refractivity contribution < 1.29 is 13.2 Å². The first-order valence-electron chi connectivity index (χ1n) is 6.58. The molecule has 2 fully saturated rings. The van der Waals surface area contributed by atoms with Gasteiger partial charge in [0.05, 0.1) is 0 Å². The summed E-state index contributed by atoms with van der Waals surface area (Å²) < 4.78 is 35.8. The molecule has 1 N–H and O–H groups in total. The Hall–Kier alpha value is -0.290. The van der Waals surface area contributed by atoms with E-state index in [2.05, 4.69) is 10.2 Å². The van der Waals surface area contributed by atoms with Crippen LogP contribution in [-0.2, 0) is 0 Å². The van der Waals surface area contributed by atoms with Gasteiger partial charge in [0.25, 0.3) is 0 Å². The fourth-order valence-electron chi connectivity index (χ4n) is 2.42. The lowest BCUT2D eigenvalue weighted by molar-refractivity contribution is -0.135. The van der Waals surface area contributed by atoms with Crippen LogP contribution in [0.1, 0.15) is 38.5 Å². The molecule has 1 aliphatic carbocycles. The second-order valence-electron chi connectivity index (χ2n) is 5.30. The molecule has 0 radical (unpaired) electrons. The van der Waals surface area contributed by atoms with Gasteiger partial charge in [-0.25, -0.2) is 0 Å². The monoisotopic (exact) mass is 250 g/mol. The maximum Gasteiger partial charge on any atom is 0.389 e. The second kappa shape index (κ2) is 5.57. The van der Waals surface area contributed by atoms with Gasteiger partial charge >= 0.3 is 6.18 Å². The predicted octanol–water partition coefficient (Wildman–Crippen LogP) is 2.55. The average Bonchev–Trinajstić information content (AvgIpc) is 2.91. The quantitative estimate of drug-likeness (QED) is 0.729. The third kappa shape index (κ3) is 5.25. The van der Waals surface area contributed by atoms with E-state index in [1.54, 1.807) is 0 Å². The Morgan fingerprint density at radius 3 is 2.47 bits per heavy atom.